The van der Waals surface area contributed by atoms with E-state index in [0.29, 0.717) is 12.2 Å². The van der Waals surface area contributed by atoms with Gasteiger partial charge in [0, 0.05) is 16.2 Å². The van der Waals surface area contributed by atoms with Gasteiger partial charge in [0.25, 0.3) is 0 Å². The van der Waals surface area contributed by atoms with Crippen LogP contribution in [0.25, 0.3) is 11.1 Å². The van der Waals surface area contributed by atoms with E-state index in [1.54, 1.807) is 13.1 Å². The molecule has 0 saturated heterocycles. The fraction of sp³-hybridized carbons (Fsp3) is 0.143. The first-order valence-corrected chi connectivity index (χ1v) is 9.50. The summed E-state index contributed by atoms with van der Waals surface area (Å²) in [4.78, 5) is 12.5. The molecule has 4 rings (SSSR count). The third-order valence-electron chi connectivity index (χ3n) is 4.46. The molecule has 5 nitrogen and oxygen atoms in total. The predicted octanol–water partition coefficient (Wildman–Crippen LogP) is 4.77. The number of benzene rings is 2. The van der Waals surface area contributed by atoms with Crippen LogP contribution in [-0.2, 0) is 9.53 Å². The number of rotatable bonds is 4. The molecule has 2 aromatic carbocycles. The summed E-state index contributed by atoms with van der Waals surface area (Å²) in [7, 11) is 0. The van der Waals surface area contributed by atoms with E-state index in [-0.39, 0.29) is 12.0 Å². The van der Waals surface area contributed by atoms with Crippen LogP contribution in [-0.4, -0.2) is 22.4 Å². The molecule has 6 heteroatoms. The Morgan fingerprint density at radius 3 is 2.78 bits per heavy atom. The third kappa shape index (κ3) is 3.28. The number of esters is 1. The molecule has 3 aromatic rings. The lowest BCUT2D eigenvalue weighted by molar-refractivity contribution is -0.139. The summed E-state index contributed by atoms with van der Waals surface area (Å²) in [5.74, 6) is 0.499. The van der Waals surface area contributed by atoms with E-state index in [0.717, 1.165) is 27.0 Å². The van der Waals surface area contributed by atoms with Gasteiger partial charge >= 0.3 is 5.97 Å². The quantitative estimate of drug-likeness (QED) is 0.613. The van der Waals surface area contributed by atoms with Crippen molar-refractivity contribution in [3.63, 3.8) is 0 Å². The number of hydrogen-bond donors (Lipinski definition) is 1. The van der Waals surface area contributed by atoms with Crippen LogP contribution in [0, 0.1) is 0 Å². The lowest BCUT2D eigenvalue weighted by Gasteiger charge is -2.27. The summed E-state index contributed by atoms with van der Waals surface area (Å²) in [5.41, 5.74) is 3.51. The average Bonchev–Trinajstić information content (AvgIpc) is 3.12. The first-order chi connectivity index (χ1) is 13.2. The minimum atomic E-state index is -0.345. The number of nitrogens with zero attached hydrogens (tertiary/aromatic N) is 2. The maximum atomic E-state index is 12.5. The van der Waals surface area contributed by atoms with Crippen LogP contribution in [0.1, 0.15) is 18.5 Å². The maximum Gasteiger partial charge on any atom is 0.338 e. The van der Waals surface area contributed by atoms with E-state index in [1.807, 2.05) is 65.5 Å². The standard InChI is InChI=1S/C21H18BrN3O2/c1-2-27-21(26)18-12-23-20-17(15-9-6-10-16(22)11-15)13-24-25(20)19(18)14-7-4-3-5-8-14/h3-13,19,23H,2H2,1H3/t19-/m0/s1. The van der Waals surface area contributed by atoms with E-state index in [2.05, 4.69) is 26.3 Å². The average molecular weight is 424 g/mol. The van der Waals surface area contributed by atoms with Crippen molar-refractivity contribution < 1.29 is 9.53 Å². The molecule has 2 heterocycles. The van der Waals surface area contributed by atoms with Crippen molar-refractivity contribution >= 4 is 27.7 Å². The number of fused-ring (bicyclic) bond motifs is 1. The molecule has 0 radical (unpaired) electrons. The smallest absolute Gasteiger partial charge is 0.338 e. The van der Waals surface area contributed by atoms with Crippen molar-refractivity contribution in [1.82, 2.24) is 9.78 Å². The van der Waals surface area contributed by atoms with Crippen molar-refractivity contribution in [3.05, 3.63) is 82.6 Å². The van der Waals surface area contributed by atoms with Crippen molar-refractivity contribution in [2.75, 3.05) is 11.9 Å². The third-order valence-corrected chi connectivity index (χ3v) is 4.95. The highest BCUT2D eigenvalue weighted by molar-refractivity contribution is 9.10. The Morgan fingerprint density at radius 1 is 1.22 bits per heavy atom. The van der Waals surface area contributed by atoms with Gasteiger partial charge in [-0.2, -0.15) is 5.10 Å². The van der Waals surface area contributed by atoms with Crippen LogP contribution >= 0.6 is 15.9 Å². The molecule has 1 aliphatic rings. The number of ether oxygens (including phenoxy) is 1. The summed E-state index contributed by atoms with van der Waals surface area (Å²) in [6.07, 6.45) is 3.55. The Balaban J connectivity index is 1.83. The number of carbonyl (C=O) groups is 1. The normalized spacial score (nSPS) is 15.5. The lowest BCUT2D eigenvalue weighted by Crippen LogP contribution is -2.27. The van der Waals surface area contributed by atoms with E-state index in [9.17, 15) is 4.79 Å². The van der Waals surface area contributed by atoms with Gasteiger partial charge < -0.3 is 10.1 Å². The predicted molar refractivity (Wildman–Crippen MR) is 108 cm³/mol. The van der Waals surface area contributed by atoms with Crippen LogP contribution in [0.3, 0.4) is 0 Å². The van der Waals surface area contributed by atoms with Crippen LogP contribution in [0.2, 0.25) is 0 Å². The second kappa shape index (κ2) is 7.40. The molecule has 0 spiro atoms. The maximum absolute atomic E-state index is 12.5. The summed E-state index contributed by atoms with van der Waals surface area (Å²) in [5, 5.41) is 7.84. The molecule has 0 bridgehead atoms. The van der Waals surface area contributed by atoms with E-state index in [1.165, 1.54) is 0 Å². The Bertz CT molecular complexity index is 1010. The van der Waals surface area contributed by atoms with Gasteiger partial charge in [0.2, 0.25) is 0 Å². The van der Waals surface area contributed by atoms with E-state index in [4.69, 9.17) is 4.74 Å². The highest BCUT2D eigenvalue weighted by Crippen LogP contribution is 2.38. The monoisotopic (exact) mass is 423 g/mol. The SMILES string of the molecule is CCOC(=O)C1=CNc2c(-c3cccc(Br)c3)cnn2[C@H]1c1ccccc1. The highest BCUT2D eigenvalue weighted by Gasteiger charge is 2.32. The Labute approximate surface area is 165 Å². The summed E-state index contributed by atoms with van der Waals surface area (Å²) in [6.45, 7) is 2.13. The van der Waals surface area contributed by atoms with E-state index < -0.39 is 0 Å². The van der Waals surface area contributed by atoms with Gasteiger partial charge in [0.1, 0.15) is 11.9 Å². The van der Waals surface area contributed by atoms with Gasteiger partial charge in [-0.3, -0.25) is 0 Å². The number of halogens is 1. The summed E-state index contributed by atoms with van der Waals surface area (Å²) in [6, 6.07) is 17.6. The molecule has 0 fully saturated rings. The molecular weight excluding hydrogens is 406 g/mol. The van der Waals surface area contributed by atoms with Gasteiger partial charge in [-0.1, -0.05) is 58.4 Å². The van der Waals surface area contributed by atoms with Crippen LogP contribution in [0.5, 0.6) is 0 Å². The molecule has 1 atom stereocenters. The van der Waals surface area contributed by atoms with Crippen LogP contribution in [0.15, 0.2) is 77.0 Å². The van der Waals surface area contributed by atoms with Crippen molar-refractivity contribution in [2.45, 2.75) is 13.0 Å². The molecule has 1 aromatic heterocycles. The van der Waals surface area contributed by atoms with Gasteiger partial charge in [-0.25, -0.2) is 9.48 Å². The van der Waals surface area contributed by atoms with Gasteiger partial charge in [0.15, 0.2) is 0 Å². The summed E-state index contributed by atoms with van der Waals surface area (Å²) >= 11 is 3.52. The van der Waals surface area contributed by atoms with E-state index >= 15 is 0 Å². The first kappa shape index (κ1) is 17.5. The van der Waals surface area contributed by atoms with Crippen molar-refractivity contribution in [2.24, 2.45) is 0 Å². The molecule has 0 unspecified atom stereocenters. The van der Waals surface area contributed by atoms with Crippen LogP contribution < -0.4 is 5.32 Å². The van der Waals surface area contributed by atoms with Crippen LogP contribution in [0.4, 0.5) is 5.82 Å². The molecule has 0 amide bonds. The van der Waals surface area contributed by atoms with Gasteiger partial charge in [-0.15, -0.1) is 0 Å². The molecule has 0 aliphatic carbocycles. The van der Waals surface area contributed by atoms with Gasteiger partial charge in [0.05, 0.1) is 18.4 Å². The molecule has 0 saturated carbocycles. The number of carbonyl (C=O) groups excluding carboxylic acids is 1. The van der Waals surface area contributed by atoms with Crippen molar-refractivity contribution in [1.29, 1.82) is 0 Å². The summed E-state index contributed by atoms with van der Waals surface area (Å²) < 4.78 is 8.10. The second-order valence-corrected chi connectivity index (χ2v) is 7.06. The highest BCUT2D eigenvalue weighted by atomic mass is 79.9. The Hall–Kier alpha value is -2.86. The molecule has 27 heavy (non-hydrogen) atoms. The minimum Gasteiger partial charge on any atom is -0.463 e. The Morgan fingerprint density at radius 2 is 2.04 bits per heavy atom. The fourth-order valence-electron chi connectivity index (χ4n) is 3.27. The number of hydrogen-bond acceptors (Lipinski definition) is 4. The van der Waals surface area contributed by atoms with Crippen molar-refractivity contribution in [3.8, 4) is 11.1 Å². The Kier molecular flexibility index (Phi) is 4.81. The minimum absolute atomic E-state index is 0.326. The fourth-order valence-corrected chi connectivity index (χ4v) is 3.67. The second-order valence-electron chi connectivity index (χ2n) is 6.14. The molecular formula is C21H18BrN3O2. The molecule has 1 N–H and O–H groups in total. The number of nitrogens with one attached hydrogen (secondary N) is 1. The van der Waals surface area contributed by atoms with Gasteiger partial charge in [-0.05, 0) is 30.2 Å². The first-order valence-electron chi connectivity index (χ1n) is 8.71. The number of anilines is 1. The zero-order valence-electron chi connectivity index (χ0n) is 14.7. The number of aromatic nitrogens is 2. The zero-order valence-corrected chi connectivity index (χ0v) is 16.3. The molecule has 136 valence electrons. The lowest BCUT2D eigenvalue weighted by atomic mass is 9.97. The topological polar surface area (TPSA) is 56.1 Å². The zero-order chi connectivity index (χ0) is 18.8. The largest absolute Gasteiger partial charge is 0.463 e. The molecule has 1 aliphatic heterocycles.